The number of benzene rings is 1. The van der Waals surface area contributed by atoms with Crippen LogP contribution in [0, 0.1) is 5.41 Å². The van der Waals surface area contributed by atoms with Crippen LogP contribution in [0.2, 0.25) is 5.02 Å². The van der Waals surface area contributed by atoms with Crippen LogP contribution >= 0.6 is 11.6 Å². The van der Waals surface area contributed by atoms with E-state index in [0.29, 0.717) is 31.0 Å². The fourth-order valence-electron chi connectivity index (χ4n) is 4.43. The molecule has 1 spiro atoms. The smallest absolute Gasteiger partial charge is 0.410 e. The summed E-state index contributed by atoms with van der Waals surface area (Å²) < 4.78 is 5.51. The molecule has 1 aromatic carbocycles. The Hall–Kier alpha value is -2.60. The van der Waals surface area contributed by atoms with Gasteiger partial charge in [0.05, 0.1) is 23.3 Å². The summed E-state index contributed by atoms with van der Waals surface area (Å²) >= 11 is 6.09. The standard InChI is InChI=1S/C23H26ClN3O3/c1-22(2,3)30-21(29)26-13-10-23(11-14-26)19(16-6-8-17(24)9-7-16)27(20(23)28)18-5-4-12-25-15-18/h4-9,12,15,19H,10-11,13-14H2,1-3H3. The van der Waals surface area contributed by atoms with Gasteiger partial charge in [0.2, 0.25) is 5.91 Å². The normalized spacial score (nSPS) is 20.8. The third-order valence-corrected chi connectivity index (χ3v) is 6.10. The third kappa shape index (κ3) is 3.65. The number of β-lactam (4-membered cyclic amide) rings is 1. The van der Waals surface area contributed by atoms with Gasteiger partial charge in [-0.25, -0.2) is 4.79 Å². The van der Waals surface area contributed by atoms with Gasteiger partial charge in [0.25, 0.3) is 0 Å². The fraction of sp³-hybridized carbons (Fsp3) is 0.435. The Morgan fingerprint density at radius 1 is 1.17 bits per heavy atom. The fourth-order valence-corrected chi connectivity index (χ4v) is 4.56. The van der Waals surface area contributed by atoms with Crippen molar-refractivity contribution in [3.63, 3.8) is 0 Å². The zero-order valence-electron chi connectivity index (χ0n) is 17.5. The molecule has 3 heterocycles. The molecule has 4 rings (SSSR count). The summed E-state index contributed by atoms with van der Waals surface area (Å²) in [6.45, 7) is 6.55. The number of nitrogens with zero attached hydrogens (tertiary/aromatic N) is 3. The van der Waals surface area contributed by atoms with Gasteiger partial charge in [0.15, 0.2) is 0 Å². The summed E-state index contributed by atoms with van der Waals surface area (Å²) in [5.74, 6) is 0.0827. The summed E-state index contributed by atoms with van der Waals surface area (Å²) in [7, 11) is 0. The third-order valence-electron chi connectivity index (χ3n) is 5.84. The van der Waals surface area contributed by atoms with Crippen LogP contribution < -0.4 is 4.90 Å². The highest BCUT2D eigenvalue weighted by atomic mass is 35.5. The molecule has 30 heavy (non-hydrogen) atoms. The van der Waals surface area contributed by atoms with Crippen LogP contribution in [0.3, 0.4) is 0 Å². The molecule has 7 heteroatoms. The molecule has 0 saturated carbocycles. The van der Waals surface area contributed by atoms with E-state index in [-0.39, 0.29) is 18.0 Å². The van der Waals surface area contributed by atoms with Crippen LogP contribution in [0.15, 0.2) is 48.8 Å². The monoisotopic (exact) mass is 427 g/mol. The molecule has 6 nitrogen and oxygen atoms in total. The number of aromatic nitrogens is 1. The molecule has 0 N–H and O–H groups in total. The Morgan fingerprint density at radius 2 is 1.83 bits per heavy atom. The number of anilines is 1. The van der Waals surface area contributed by atoms with Crippen molar-refractivity contribution in [3.8, 4) is 0 Å². The second-order valence-corrected chi connectivity index (χ2v) is 9.40. The van der Waals surface area contributed by atoms with E-state index in [1.165, 1.54) is 0 Å². The maximum atomic E-state index is 13.4. The van der Waals surface area contributed by atoms with Crippen LogP contribution in [0.1, 0.15) is 45.2 Å². The lowest BCUT2D eigenvalue weighted by atomic mass is 9.62. The van der Waals surface area contributed by atoms with Crippen molar-refractivity contribution < 1.29 is 14.3 Å². The number of hydrogen-bond donors (Lipinski definition) is 0. The number of likely N-dealkylation sites (tertiary alicyclic amines) is 1. The van der Waals surface area contributed by atoms with Gasteiger partial charge in [-0.3, -0.25) is 9.78 Å². The molecule has 0 radical (unpaired) electrons. The Bertz CT molecular complexity index is 932. The van der Waals surface area contributed by atoms with Crippen molar-refractivity contribution in [2.75, 3.05) is 18.0 Å². The first-order valence-corrected chi connectivity index (χ1v) is 10.6. The zero-order valence-corrected chi connectivity index (χ0v) is 18.2. The Labute approximate surface area is 181 Å². The van der Waals surface area contributed by atoms with Crippen LogP contribution in [-0.4, -0.2) is 40.6 Å². The number of carbonyl (C=O) groups is 2. The number of piperidine rings is 1. The summed E-state index contributed by atoms with van der Waals surface area (Å²) in [4.78, 5) is 33.6. The van der Waals surface area contributed by atoms with Crippen molar-refractivity contribution in [3.05, 3.63) is 59.4 Å². The van der Waals surface area contributed by atoms with Gasteiger partial charge in [0.1, 0.15) is 5.60 Å². The van der Waals surface area contributed by atoms with Gasteiger partial charge in [0, 0.05) is 24.3 Å². The Morgan fingerprint density at radius 3 is 2.40 bits per heavy atom. The van der Waals surface area contributed by atoms with E-state index in [1.54, 1.807) is 17.3 Å². The number of ether oxygens (including phenoxy) is 1. The SMILES string of the molecule is CC(C)(C)OC(=O)N1CCC2(CC1)C(=O)N(c1cccnc1)C2c1ccc(Cl)cc1. The molecule has 2 aromatic rings. The minimum Gasteiger partial charge on any atom is -0.444 e. The predicted octanol–water partition coefficient (Wildman–Crippen LogP) is 4.84. The number of pyridine rings is 1. The number of hydrogen-bond acceptors (Lipinski definition) is 4. The van der Waals surface area contributed by atoms with Gasteiger partial charge < -0.3 is 14.5 Å². The second-order valence-electron chi connectivity index (χ2n) is 8.96. The first-order chi connectivity index (χ1) is 14.2. The molecule has 1 aromatic heterocycles. The predicted molar refractivity (Wildman–Crippen MR) is 115 cm³/mol. The first-order valence-electron chi connectivity index (χ1n) is 10.2. The highest BCUT2D eigenvalue weighted by Gasteiger charge is 2.62. The van der Waals surface area contributed by atoms with Gasteiger partial charge in [-0.05, 0) is 63.4 Å². The maximum absolute atomic E-state index is 13.4. The number of carbonyl (C=O) groups excluding carboxylic acids is 2. The van der Waals surface area contributed by atoms with Gasteiger partial charge >= 0.3 is 6.09 Å². The molecule has 0 aliphatic carbocycles. The zero-order chi connectivity index (χ0) is 21.5. The van der Waals surface area contributed by atoms with E-state index in [0.717, 1.165) is 11.3 Å². The molecular formula is C23H26ClN3O3. The molecule has 2 amide bonds. The Kier molecular flexibility index (Phi) is 5.22. The van der Waals surface area contributed by atoms with Gasteiger partial charge in [-0.15, -0.1) is 0 Å². The van der Waals surface area contributed by atoms with E-state index < -0.39 is 11.0 Å². The summed E-state index contributed by atoms with van der Waals surface area (Å²) in [6.07, 6.45) is 4.27. The molecule has 2 aliphatic heterocycles. The van der Waals surface area contributed by atoms with E-state index in [1.807, 2.05) is 62.1 Å². The lowest BCUT2D eigenvalue weighted by Gasteiger charge is -2.58. The highest BCUT2D eigenvalue weighted by Crippen LogP contribution is 2.57. The van der Waals surface area contributed by atoms with E-state index in [4.69, 9.17) is 16.3 Å². The van der Waals surface area contributed by atoms with E-state index in [2.05, 4.69) is 4.98 Å². The van der Waals surface area contributed by atoms with Crippen molar-refractivity contribution in [2.24, 2.45) is 5.41 Å². The van der Waals surface area contributed by atoms with Crippen LogP contribution in [0.25, 0.3) is 0 Å². The highest BCUT2D eigenvalue weighted by molar-refractivity contribution is 6.30. The number of rotatable bonds is 2. The van der Waals surface area contributed by atoms with E-state index in [9.17, 15) is 9.59 Å². The lowest BCUT2D eigenvalue weighted by Crippen LogP contribution is -2.67. The molecule has 2 fully saturated rings. The molecule has 2 aliphatic rings. The van der Waals surface area contributed by atoms with Crippen LogP contribution in [0.4, 0.5) is 10.5 Å². The topological polar surface area (TPSA) is 62.7 Å². The average Bonchev–Trinajstić information content (AvgIpc) is 2.72. The molecule has 158 valence electrons. The largest absolute Gasteiger partial charge is 0.444 e. The average molecular weight is 428 g/mol. The van der Waals surface area contributed by atoms with Crippen molar-refractivity contribution in [1.82, 2.24) is 9.88 Å². The maximum Gasteiger partial charge on any atom is 0.410 e. The van der Waals surface area contributed by atoms with Gasteiger partial charge in [-0.1, -0.05) is 23.7 Å². The minimum absolute atomic E-state index is 0.0827. The van der Waals surface area contributed by atoms with Crippen LogP contribution in [-0.2, 0) is 9.53 Å². The van der Waals surface area contributed by atoms with E-state index >= 15 is 0 Å². The van der Waals surface area contributed by atoms with Crippen molar-refractivity contribution in [1.29, 1.82) is 0 Å². The van der Waals surface area contributed by atoms with Crippen molar-refractivity contribution in [2.45, 2.75) is 45.3 Å². The lowest BCUT2D eigenvalue weighted by molar-refractivity contribution is -0.144. The molecule has 1 unspecified atom stereocenters. The summed E-state index contributed by atoms with van der Waals surface area (Å²) in [5.41, 5.74) is 0.736. The first kappa shape index (κ1) is 20.7. The quantitative estimate of drug-likeness (QED) is 0.643. The van der Waals surface area contributed by atoms with Gasteiger partial charge in [-0.2, -0.15) is 0 Å². The second kappa shape index (κ2) is 7.58. The molecular weight excluding hydrogens is 402 g/mol. The number of halogens is 1. The van der Waals surface area contributed by atoms with Crippen LogP contribution in [0.5, 0.6) is 0 Å². The molecule has 0 bridgehead atoms. The summed E-state index contributed by atoms with van der Waals surface area (Å²) in [5, 5.41) is 0.658. The number of amides is 2. The molecule has 2 saturated heterocycles. The Balaban J connectivity index is 1.60. The van der Waals surface area contributed by atoms with Crippen molar-refractivity contribution >= 4 is 29.3 Å². The molecule has 1 atom stereocenters. The minimum atomic E-state index is -0.540. The summed E-state index contributed by atoms with van der Waals surface area (Å²) in [6, 6.07) is 11.3.